The lowest BCUT2D eigenvalue weighted by Gasteiger charge is -2.31. The Kier molecular flexibility index (Phi) is 8.19. The van der Waals surface area contributed by atoms with Crippen molar-refractivity contribution in [3.8, 4) is 0 Å². The third-order valence-corrected chi connectivity index (χ3v) is 5.91. The summed E-state index contributed by atoms with van der Waals surface area (Å²) in [4.78, 5) is 43.4. The van der Waals surface area contributed by atoms with Gasteiger partial charge in [0, 0.05) is 17.1 Å². The lowest BCUT2D eigenvalue weighted by Crippen LogP contribution is -2.55. The Hall–Kier alpha value is -3.23. The third kappa shape index (κ3) is 5.97. The number of aliphatic hydroxyl groups is 1. The molecule has 2 aromatic carbocycles. The SMILES string of the molecule is CC(=O)[C@H](C)N(CS)C(=O)[C@@H](O)[C@H](Cc1ccccc1)NC(=O)c1ccc2ncccc2c1. The van der Waals surface area contributed by atoms with Crippen LogP contribution in [0.5, 0.6) is 0 Å². The van der Waals surface area contributed by atoms with E-state index >= 15 is 0 Å². The summed E-state index contributed by atoms with van der Waals surface area (Å²) in [7, 11) is 0. The Bertz CT molecular complexity index is 1140. The zero-order valence-electron chi connectivity index (χ0n) is 18.5. The van der Waals surface area contributed by atoms with E-state index in [4.69, 9.17) is 0 Å². The molecule has 2 N–H and O–H groups in total. The van der Waals surface area contributed by atoms with Crippen LogP contribution >= 0.6 is 12.6 Å². The Morgan fingerprint density at radius 1 is 1.09 bits per heavy atom. The normalized spacial score (nSPS) is 13.7. The van der Waals surface area contributed by atoms with Crippen LogP contribution in [0.1, 0.15) is 29.8 Å². The van der Waals surface area contributed by atoms with Crippen LogP contribution in [0, 0.1) is 0 Å². The molecule has 0 radical (unpaired) electrons. The molecule has 3 rings (SSSR count). The highest BCUT2D eigenvalue weighted by Gasteiger charge is 2.34. The van der Waals surface area contributed by atoms with Gasteiger partial charge >= 0.3 is 0 Å². The van der Waals surface area contributed by atoms with E-state index in [1.807, 2.05) is 36.4 Å². The average molecular weight is 466 g/mol. The minimum absolute atomic E-state index is 0.0414. The van der Waals surface area contributed by atoms with Gasteiger partial charge in [-0.25, -0.2) is 0 Å². The maximum Gasteiger partial charge on any atom is 0.254 e. The number of fused-ring (bicyclic) bond motifs is 1. The van der Waals surface area contributed by atoms with Crippen molar-refractivity contribution in [1.82, 2.24) is 15.2 Å². The van der Waals surface area contributed by atoms with E-state index in [1.54, 1.807) is 37.4 Å². The summed E-state index contributed by atoms with van der Waals surface area (Å²) in [5.41, 5.74) is 1.98. The summed E-state index contributed by atoms with van der Waals surface area (Å²) in [6, 6.07) is 16.3. The molecule has 33 heavy (non-hydrogen) atoms. The Balaban J connectivity index is 1.87. The fourth-order valence-corrected chi connectivity index (χ4v) is 3.91. The number of carbonyl (C=O) groups excluding carboxylic acids is 3. The van der Waals surface area contributed by atoms with Crippen molar-refractivity contribution in [3.05, 3.63) is 78.0 Å². The quantitative estimate of drug-likeness (QED) is 0.333. The van der Waals surface area contributed by atoms with Gasteiger partial charge in [-0.15, -0.1) is 0 Å². The van der Waals surface area contributed by atoms with Crippen molar-refractivity contribution >= 4 is 41.1 Å². The smallest absolute Gasteiger partial charge is 0.254 e. The van der Waals surface area contributed by atoms with E-state index < -0.39 is 30.0 Å². The summed E-state index contributed by atoms with van der Waals surface area (Å²) < 4.78 is 0. The predicted octanol–water partition coefficient (Wildman–Crippen LogP) is 2.63. The summed E-state index contributed by atoms with van der Waals surface area (Å²) in [5.74, 6) is -1.36. The van der Waals surface area contributed by atoms with Gasteiger partial charge in [0.1, 0.15) is 0 Å². The van der Waals surface area contributed by atoms with Gasteiger partial charge in [-0.3, -0.25) is 19.4 Å². The highest BCUT2D eigenvalue weighted by atomic mass is 32.1. The van der Waals surface area contributed by atoms with Crippen LogP contribution in [-0.4, -0.2) is 56.7 Å². The van der Waals surface area contributed by atoms with Gasteiger partial charge in [0.2, 0.25) is 0 Å². The fourth-order valence-electron chi connectivity index (χ4n) is 3.52. The largest absolute Gasteiger partial charge is 0.381 e. The number of rotatable bonds is 9. The molecule has 7 nitrogen and oxygen atoms in total. The van der Waals surface area contributed by atoms with Gasteiger partial charge < -0.3 is 15.3 Å². The van der Waals surface area contributed by atoms with Crippen molar-refractivity contribution in [2.45, 2.75) is 38.5 Å². The van der Waals surface area contributed by atoms with Crippen molar-refractivity contribution in [2.24, 2.45) is 0 Å². The number of carbonyl (C=O) groups is 3. The number of ketones is 1. The van der Waals surface area contributed by atoms with E-state index in [0.717, 1.165) is 16.5 Å². The van der Waals surface area contributed by atoms with Gasteiger partial charge in [-0.05, 0) is 50.1 Å². The number of aromatic nitrogens is 1. The van der Waals surface area contributed by atoms with Crippen LogP contribution in [0.15, 0.2) is 66.9 Å². The van der Waals surface area contributed by atoms with Crippen LogP contribution in [0.2, 0.25) is 0 Å². The minimum Gasteiger partial charge on any atom is -0.381 e. The molecule has 0 saturated carbocycles. The number of hydrogen-bond donors (Lipinski definition) is 3. The molecule has 0 unspecified atom stereocenters. The van der Waals surface area contributed by atoms with E-state index in [-0.39, 0.29) is 18.1 Å². The van der Waals surface area contributed by atoms with Gasteiger partial charge in [0.05, 0.1) is 23.5 Å². The van der Waals surface area contributed by atoms with Crippen LogP contribution in [0.25, 0.3) is 10.9 Å². The maximum absolute atomic E-state index is 13.1. The topological polar surface area (TPSA) is 99.6 Å². The first kappa shape index (κ1) is 24.4. The highest BCUT2D eigenvalue weighted by Crippen LogP contribution is 2.16. The molecular weight excluding hydrogens is 438 g/mol. The average Bonchev–Trinajstić information content (AvgIpc) is 2.83. The number of nitrogens with one attached hydrogen (secondary N) is 1. The number of amides is 2. The highest BCUT2D eigenvalue weighted by molar-refractivity contribution is 7.80. The molecule has 2 amide bonds. The molecule has 0 aliphatic heterocycles. The number of nitrogens with zero attached hydrogens (tertiary/aromatic N) is 2. The van der Waals surface area contributed by atoms with E-state index in [1.165, 1.54) is 11.8 Å². The van der Waals surface area contributed by atoms with Crippen molar-refractivity contribution in [1.29, 1.82) is 0 Å². The van der Waals surface area contributed by atoms with Crippen LogP contribution in [-0.2, 0) is 16.0 Å². The summed E-state index contributed by atoms with van der Waals surface area (Å²) >= 11 is 4.16. The minimum atomic E-state index is -1.56. The molecule has 1 heterocycles. The molecule has 1 aromatic heterocycles. The number of pyridine rings is 1. The molecule has 0 aliphatic carbocycles. The molecule has 3 atom stereocenters. The van der Waals surface area contributed by atoms with Crippen LogP contribution < -0.4 is 5.32 Å². The first-order chi connectivity index (χ1) is 15.8. The zero-order valence-corrected chi connectivity index (χ0v) is 19.4. The van der Waals surface area contributed by atoms with Crippen LogP contribution in [0.3, 0.4) is 0 Å². The lowest BCUT2D eigenvalue weighted by molar-refractivity contribution is -0.145. The molecular formula is C25H27N3O4S. The maximum atomic E-state index is 13.1. The summed E-state index contributed by atoms with van der Waals surface area (Å²) in [5, 5.41) is 14.6. The second-order valence-corrected chi connectivity index (χ2v) is 8.14. The Morgan fingerprint density at radius 3 is 2.48 bits per heavy atom. The Labute approximate surface area is 198 Å². The predicted molar refractivity (Wildman–Crippen MR) is 130 cm³/mol. The summed E-state index contributed by atoms with van der Waals surface area (Å²) in [6.07, 6.45) is 0.337. The van der Waals surface area contributed by atoms with Gasteiger partial charge in [0.15, 0.2) is 11.9 Å². The first-order valence-electron chi connectivity index (χ1n) is 10.6. The second-order valence-electron chi connectivity index (χ2n) is 7.86. The zero-order chi connectivity index (χ0) is 24.0. The first-order valence-corrected chi connectivity index (χ1v) is 11.2. The third-order valence-electron chi connectivity index (χ3n) is 5.61. The van der Waals surface area contributed by atoms with Crippen molar-refractivity contribution in [2.75, 3.05) is 5.88 Å². The van der Waals surface area contributed by atoms with E-state index in [0.29, 0.717) is 5.56 Å². The van der Waals surface area contributed by atoms with Crippen molar-refractivity contribution in [3.63, 3.8) is 0 Å². The Morgan fingerprint density at radius 2 is 1.82 bits per heavy atom. The summed E-state index contributed by atoms with van der Waals surface area (Å²) in [6.45, 7) is 2.95. The van der Waals surface area contributed by atoms with Gasteiger partial charge in [-0.2, -0.15) is 12.6 Å². The lowest BCUT2D eigenvalue weighted by atomic mass is 9.99. The standard InChI is InChI=1S/C25H27N3O4S/c1-16(17(2)29)28(15-33)25(32)23(30)22(13-18-7-4-3-5-8-18)27-24(31)20-10-11-21-19(14-20)9-6-12-26-21/h3-12,14,16,22-23,30,33H,13,15H2,1-2H3,(H,27,31)/t16-,22-,23-/m0/s1. The number of Topliss-reactive ketones (excluding diaryl/α,β-unsaturated/α-hetero) is 1. The molecule has 0 aliphatic rings. The fraction of sp³-hybridized carbons (Fsp3) is 0.280. The molecule has 0 fully saturated rings. The second kappa shape index (κ2) is 11.1. The van der Waals surface area contributed by atoms with Crippen LogP contribution in [0.4, 0.5) is 0 Å². The molecule has 172 valence electrons. The number of hydrogen-bond acceptors (Lipinski definition) is 6. The monoisotopic (exact) mass is 465 g/mol. The van der Waals surface area contributed by atoms with Gasteiger partial charge in [-0.1, -0.05) is 36.4 Å². The van der Waals surface area contributed by atoms with E-state index in [2.05, 4.69) is 22.9 Å². The molecule has 0 bridgehead atoms. The number of benzene rings is 2. The van der Waals surface area contributed by atoms with E-state index in [9.17, 15) is 19.5 Å². The molecule has 8 heteroatoms. The number of thiol groups is 1. The van der Waals surface area contributed by atoms with Crippen molar-refractivity contribution < 1.29 is 19.5 Å². The van der Waals surface area contributed by atoms with Gasteiger partial charge in [0.25, 0.3) is 11.8 Å². The molecule has 0 saturated heterocycles. The molecule has 0 spiro atoms. The number of aliphatic hydroxyl groups excluding tert-OH is 1. The molecule has 3 aromatic rings.